The number of fused-ring (bicyclic) bond motifs is 1. The van der Waals surface area contributed by atoms with Gasteiger partial charge in [0.25, 0.3) is 10.0 Å². The molecule has 0 N–H and O–H groups in total. The first-order chi connectivity index (χ1) is 11.2. The van der Waals surface area contributed by atoms with Gasteiger partial charge >= 0.3 is 0 Å². The van der Waals surface area contributed by atoms with E-state index in [0.29, 0.717) is 11.5 Å². The molecule has 0 saturated carbocycles. The summed E-state index contributed by atoms with van der Waals surface area (Å²) in [6.07, 6.45) is 7.61. The summed E-state index contributed by atoms with van der Waals surface area (Å²) in [6.45, 7) is 0. The molecule has 114 valence electrons. The molecule has 0 fully saturated rings. The van der Waals surface area contributed by atoms with Crippen molar-refractivity contribution in [2.75, 3.05) is 0 Å². The van der Waals surface area contributed by atoms with Crippen molar-refractivity contribution >= 4 is 15.8 Å². The second-order valence-corrected chi connectivity index (χ2v) is 6.80. The smallest absolute Gasteiger partial charge is 0.271 e. The summed E-state index contributed by atoms with van der Waals surface area (Å²) in [5.41, 5.74) is 1.44. The van der Waals surface area contributed by atoms with E-state index in [1.807, 2.05) is 30.3 Å². The van der Waals surface area contributed by atoms with Crippen LogP contribution in [0.2, 0.25) is 0 Å². The lowest BCUT2D eigenvalue weighted by molar-refractivity contribution is 0.587. The lowest BCUT2D eigenvalue weighted by Crippen LogP contribution is -2.14. The van der Waals surface area contributed by atoms with Gasteiger partial charge in [0, 0.05) is 24.8 Å². The van der Waals surface area contributed by atoms with Gasteiger partial charge in [0.2, 0.25) is 5.78 Å². The van der Waals surface area contributed by atoms with E-state index in [4.69, 9.17) is 0 Å². The van der Waals surface area contributed by atoms with Gasteiger partial charge in [-0.3, -0.25) is 4.40 Å². The van der Waals surface area contributed by atoms with Crippen LogP contribution >= 0.6 is 0 Å². The van der Waals surface area contributed by atoms with E-state index in [9.17, 15) is 8.42 Å². The van der Waals surface area contributed by atoms with Crippen LogP contribution < -0.4 is 0 Å². The van der Waals surface area contributed by atoms with Gasteiger partial charge in [-0.1, -0.05) is 30.3 Å². The van der Waals surface area contributed by atoms with Crippen molar-refractivity contribution in [2.24, 2.45) is 0 Å². The van der Waals surface area contributed by atoms with Gasteiger partial charge in [0.05, 0.1) is 11.9 Å². The highest BCUT2D eigenvalue weighted by Crippen LogP contribution is 2.24. The molecular formula is C16H12N4O2S. The van der Waals surface area contributed by atoms with Crippen molar-refractivity contribution < 1.29 is 8.42 Å². The van der Waals surface area contributed by atoms with Gasteiger partial charge in [-0.2, -0.15) is 0 Å². The Morgan fingerprint density at radius 1 is 0.913 bits per heavy atom. The fourth-order valence-electron chi connectivity index (χ4n) is 2.45. The molecule has 0 unspecified atom stereocenters. The molecule has 4 rings (SSSR count). The molecule has 3 aromatic heterocycles. The monoisotopic (exact) mass is 324 g/mol. The molecule has 0 atom stereocenters. The van der Waals surface area contributed by atoms with Crippen LogP contribution in [0.4, 0.5) is 0 Å². The number of rotatable bonds is 3. The van der Waals surface area contributed by atoms with E-state index >= 15 is 0 Å². The molecule has 4 aromatic rings. The molecule has 0 radical (unpaired) electrons. The predicted molar refractivity (Wildman–Crippen MR) is 85.4 cm³/mol. The minimum atomic E-state index is -3.74. The number of benzene rings is 1. The largest absolute Gasteiger partial charge is 0.290 e. The zero-order valence-corrected chi connectivity index (χ0v) is 12.8. The van der Waals surface area contributed by atoms with E-state index in [2.05, 4.69) is 9.97 Å². The molecule has 0 aliphatic heterocycles. The third-order valence-corrected chi connectivity index (χ3v) is 5.20. The first kappa shape index (κ1) is 13.7. The molecule has 0 aliphatic carbocycles. The van der Waals surface area contributed by atoms with Gasteiger partial charge < -0.3 is 0 Å². The molecule has 3 heterocycles. The maximum Gasteiger partial charge on any atom is 0.271 e. The summed E-state index contributed by atoms with van der Waals surface area (Å²) in [7, 11) is -3.74. The van der Waals surface area contributed by atoms with Crippen molar-refractivity contribution in [3.05, 3.63) is 73.4 Å². The summed E-state index contributed by atoms with van der Waals surface area (Å²) < 4.78 is 28.7. The summed E-state index contributed by atoms with van der Waals surface area (Å²) in [6, 6.07) is 12.9. The van der Waals surface area contributed by atoms with Gasteiger partial charge in [0.15, 0.2) is 0 Å². The Labute approximate surface area is 132 Å². The molecule has 7 heteroatoms. The topological polar surface area (TPSA) is 69.3 Å². The number of aromatic nitrogens is 4. The Morgan fingerprint density at radius 3 is 2.57 bits per heavy atom. The van der Waals surface area contributed by atoms with Gasteiger partial charge in [-0.25, -0.2) is 22.4 Å². The maximum atomic E-state index is 12.9. The predicted octanol–water partition coefficient (Wildman–Crippen LogP) is 2.43. The van der Waals surface area contributed by atoms with E-state index in [0.717, 1.165) is 5.56 Å². The summed E-state index contributed by atoms with van der Waals surface area (Å²) in [5, 5.41) is 0. The average Bonchev–Trinajstić information content (AvgIpc) is 3.24. The van der Waals surface area contributed by atoms with Crippen molar-refractivity contribution in [1.29, 1.82) is 0 Å². The van der Waals surface area contributed by atoms with Crippen LogP contribution in [0.5, 0.6) is 0 Å². The zero-order chi connectivity index (χ0) is 15.9. The normalized spacial score (nSPS) is 11.8. The quantitative estimate of drug-likeness (QED) is 0.580. The van der Waals surface area contributed by atoms with Crippen molar-refractivity contribution in [3.63, 3.8) is 0 Å². The number of nitrogens with zero attached hydrogens (tertiary/aromatic N) is 4. The van der Waals surface area contributed by atoms with E-state index in [-0.39, 0.29) is 4.90 Å². The molecular weight excluding hydrogens is 312 g/mol. The van der Waals surface area contributed by atoms with E-state index < -0.39 is 10.0 Å². The molecule has 6 nitrogen and oxygen atoms in total. The Kier molecular flexibility index (Phi) is 3.02. The van der Waals surface area contributed by atoms with Crippen LogP contribution in [0, 0.1) is 0 Å². The van der Waals surface area contributed by atoms with Crippen LogP contribution in [0.25, 0.3) is 17.0 Å². The zero-order valence-electron chi connectivity index (χ0n) is 11.9. The summed E-state index contributed by atoms with van der Waals surface area (Å²) in [5.74, 6) is 0.458. The molecule has 1 aromatic carbocycles. The van der Waals surface area contributed by atoms with Crippen LogP contribution in [0.15, 0.2) is 78.3 Å². The highest BCUT2D eigenvalue weighted by molar-refractivity contribution is 7.90. The minimum Gasteiger partial charge on any atom is -0.290 e. The number of hydrogen-bond donors (Lipinski definition) is 0. The fraction of sp³-hybridized carbons (Fsp3) is 0. The number of imidazole rings is 1. The Bertz CT molecular complexity index is 1080. The van der Waals surface area contributed by atoms with E-state index in [1.54, 1.807) is 28.9 Å². The number of hydrogen-bond acceptors (Lipinski definition) is 4. The Hall–Kier alpha value is -2.93. The molecule has 0 saturated heterocycles. The van der Waals surface area contributed by atoms with Crippen molar-refractivity contribution in [1.82, 2.24) is 18.3 Å². The molecule has 0 aliphatic rings. The van der Waals surface area contributed by atoms with Gasteiger partial charge in [-0.05, 0) is 17.7 Å². The molecule has 23 heavy (non-hydrogen) atoms. The summed E-state index contributed by atoms with van der Waals surface area (Å²) in [4.78, 5) is 8.21. The Morgan fingerprint density at radius 2 is 1.74 bits per heavy atom. The summed E-state index contributed by atoms with van der Waals surface area (Å²) >= 11 is 0. The van der Waals surface area contributed by atoms with Crippen molar-refractivity contribution in [2.45, 2.75) is 4.90 Å². The van der Waals surface area contributed by atoms with Crippen LogP contribution in [0.3, 0.4) is 0 Å². The van der Waals surface area contributed by atoms with Gasteiger partial charge in [-0.15, -0.1) is 0 Å². The third kappa shape index (κ3) is 2.22. The lowest BCUT2D eigenvalue weighted by Gasteiger charge is -2.10. The van der Waals surface area contributed by atoms with Crippen LogP contribution in [0.1, 0.15) is 0 Å². The second-order valence-electron chi connectivity index (χ2n) is 4.98. The fourth-order valence-corrected chi connectivity index (χ4v) is 3.77. The van der Waals surface area contributed by atoms with Crippen molar-refractivity contribution in [3.8, 4) is 11.3 Å². The Balaban J connectivity index is 1.88. The second kappa shape index (κ2) is 5.06. The SMILES string of the molecule is O=S(=O)(c1cnc2nccn2c1)n1cccc1-c1ccccc1. The highest BCUT2D eigenvalue weighted by atomic mass is 32.2. The maximum absolute atomic E-state index is 12.9. The third-order valence-electron chi connectivity index (χ3n) is 3.56. The lowest BCUT2D eigenvalue weighted by atomic mass is 10.2. The average molecular weight is 324 g/mol. The highest BCUT2D eigenvalue weighted by Gasteiger charge is 2.21. The standard InChI is InChI=1S/C16H12N4O2S/c21-23(22,14-11-18-16-17-8-10-19(16)12-14)20-9-4-7-15(20)13-5-2-1-3-6-13/h1-12H. The molecule has 0 amide bonds. The van der Waals surface area contributed by atoms with Crippen LogP contribution in [-0.2, 0) is 10.0 Å². The molecule has 0 spiro atoms. The van der Waals surface area contributed by atoms with Crippen LogP contribution in [-0.4, -0.2) is 26.8 Å². The first-order valence-electron chi connectivity index (χ1n) is 6.93. The van der Waals surface area contributed by atoms with Gasteiger partial charge in [0.1, 0.15) is 4.90 Å². The minimum absolute atomic E-state index is 0.108. The first-order valence-corrected chi connectivity index (χ1v) is 8.37. The molecule has 0 bridgehead atoms. The van der Waals surface area contributed by atoms with E-state index in [1.165, 1.54) is 22.6 Å².